The van der Waals surface area contributed by atoms with E-state index in [0.717, 1.165) is 16.7 Å². The average Bonchev–Trinajstić information content (AvgIpc) is 2.83. The summed E-state index contributed by atoms with van der Waals surface area (Å²) in [5.41, 5.74) is 9.22. The normalized spacial score (nSPS) is 13.6. The van der Waals surface area contributed by atoms with Crippen LogP contribution >= 0.6 is 11.6 Å². The lowest BCUT2D eigenvalue weighted by molar-refractivity contribution is -0.115. The first-order valence-electron chi connectivity index (χ1n) is 5.46. The van der Waals surface area contributed by atoms with Gasteiger partial charge in [0, 0.05) is 12.6 Å². The first-order chi connectivity index (χ1) is 8.56. The summed E-state index contributed by atoms with van der Waals surface area (Å²) in [5, 5.41) is 7.36. The zero-order valence-corrected chi connectivity index (χ0v) is 10.5. The van der Waals surface area contributed by atoms with E-state index in [1.54, 1.807) is 24.0 Å². The largest absolute Gasteiger partial charge is 0.383 e. The molecule has 1 aliphatic heterocycles. The SMILES string of the molecule is Cn1ncc(-c2cc(Cl)c3c(c2)CC(=O)N3)c1N. The van der Waals surface area contributed by atoms with Gasteiger partial charge in [0.2, 0.25) is 5.91 Å². The highest BCUT2D eigenvalue weighted by Crippen LogP contribution is 2.37. The van der Waals surface area contributed by atoms with Gasteiger partial charge in [-0.1, -0.05) is 11.6 Å². The maximum Gasteiger partial charge on any atom is 0.228 e. The average molecular weight is 263 g/mol. The van der Waals surface area contributed by atoms with Crippen LogP contribution in [-0.2, 0) is 18.3 Å². The van der Waals surface area contributed by atoms with Gasteiger partial charge in [-0.2, -0.15) is 5.10 Å². The van der Waals surface area contributed by atoms with Gasteiger partial charge in [0.15, 0.2) is 0 Å². The zero-order chi connectivity index (χ0) is 12.9. The minimum absolute atomic E-state index is 0.0387. The Balaban J connectivity index is 2.16. The molecule has 1 aromatic carbocycles. The molecule has 92 valence electrons. The topological polar surface area (TPSA) is 72.9 Å². The number of carbonyl (C=O) groups excluding carboxylic acids is 1. The third kappa shape index (κ3) is 1.55. The lowest BCUT2D eigenvalue weighted by Crippen LogP contribution is -2.03. The fraction of sp³-hybridized carbons (Fsp3) is 0.167. The van der Waals surface area contributed by atoms with Gasteiger partial charge in [-0.15, -0.1) is 0 Å². The van der Waals surface area contributed by atoms with E-state index in [1.165, 1.54) is 0 Å². The number of nitrogens with zero attached hydrogens (tertiary/aromatic N) is 2. The van der Waals surface area contributed by atoms with Crippen LogP contribution in [0.25, 0.3) is 11.1 Å². The molecule has 0 saturated heterocycles. The van der Waals surface area contributed by atoms with Crippen LogP contribution in [0.1, 0.15) is 5.56 Å². The van der Waals surface area contributed by atoms with Crippen LogP contribution in [0.5, 0.6) is 0 Å². The maximum absolute atomic E-state index is 11.4. The molecule has 18 heavy (non-hydrogen) atoms. The minimum atomic E-state index is -0.0387. The van der Waals surface area contributed by atoms with Crippen LogP contribution in [0.15, 0.2) is 18.3 Å². The summed E-state index contributed by atoms with van der Waals surface area (Å²) >= 11 is 6.17. The summed E-state index contributed by atoms with van der Waals surface area (Å²) < 4.78 is 1.60. The second kappa shape index (κ2) is 3.74. The monoisotopic (exact) mass is 262 g/mol. The predicted octanol–water partition coefficient (Wildman–Crippen LogP) is 1.82. The van der Waals surface area contributed by atoms with Gasteiger partial charge < -0.3 is 11.1 Å². The third-order valence-corrected chi connectivity index (χ3v) is 3.38. The maximum atomic E-state index is 11.4. The van der Waals surface area contributed by atoms with Crippen molar-refractivity contribution in [1.29, 1.82) is 0 Å². The van der Waals surface area contributed by atoms with Crippen LogP contribution in [-0.4, -0.2) is 15.7 Å². The van der Waals surface area contributed by atoms with E-state index in [4.69, 9.17) is 17.3 Å². The molecule has 2 heterocycles. The highest BCUT2D eigenvalue weighted by atomic mass is 35.5. The van der Waals surface area contributed by atoms with Crippen molar-refractivity contribution in [2.45, 2.75) is 6.42 Å². The molecule has 1 aliphatic rings. The highest BCUT2D eigenvalue weighted by molar-refractivity contribution is 6.34. The van der Waals surface area contributed by atoms with Crippen molar-refractivity contribution in [3.05, 3.63) is 28.9 Å². The van der Waals surface area contributed by atoms with Crippen molar-refractivity contribution in [3.8, 4) is 11.1 Å². The number of amides is 1. The molecule has 3 N–H and O–H groups in total. The fourth-order valence-electron chi connectivity index (χ4n) is 2.12. The zero-order valence-electron chi connectivity index (χ0n) is 9.70. The number of fused-ring (bicyclic) bond motifs is 1. The Bertz CT molecular complexity index is 662. The van der Waals surface area contributed by atoms with E-state index < -0.39 is 0 Å². The van der Waals surface area contributed by atoms with Gasteiger partial charge >= 0.3 is 0 Å². The second-order valence-corrected chi connectivity index (χ2v) is 4.69. The van der Waals surface area contributed by atoms with Gasteiger partial charge in [0.25, 0.3) is 0 Å². The number of carbonyl (C=O) groups is 1. The summed E-state index contributed by atoms with van der Waals surface area (Å²) in [6.07, 6.45) is 2.04. The molecule has 6 heteroatoms. The number of rotatable bonds is 1. The highest BCUT2D eigenvalue weighted by Gasteiger charge is 2.22. The van der Waals surface area contributed by atoms with Crippen molar-refractivity contribution in [2.75, 3.05) is 11.1 Å². The number of hydrogen-bond acceptors (Lipinski definition) is 3. The number of anilines is 2. The van der Waals surface area contributed by atoms with Crippen molar-refractivity contribution < 1.29 is 4.79 Å². The predicted molar refractivity (Wildman–Crippen MR) is 70.4 cm³/mol. The molecule has 1 aromatic heterocycles. The molecule has 1 amide bonds. The molecule has 0 fully saturated rings. The van der Waals surface area contributed by atoms with Gasteiger partial charge in [-0.25, -0.2) is 0 Å². The van der Waals surface area contributed by atoms with Crippen molar-refractivity contribution in [1.82, 2.24) is 9.78 Å². The molecule has 0 saturated carbocycles. The summed E-state index contributed by atoms with van der Waals surface area (Å²) in [7, 11) is 1.78. The van der Waals surface area contributed by atoms with Crippen LogP contribution in [0, 0.1) is 0 Å². The quantitative estimate of drug-likeness (QED) is 0.823. The number of nitrogens with two attached hydrogens (primary N) is 1. The number of nitrogens with one attached hydrogen (secondary N) is 1. The van der Waals surface area contributed by atoms with E-state index in [1.807, 2.05) is 6.07 Å². The molecular formula is C12H11ClN4O. The third-order valence-electron chi connectivity index (χ3n) is 3.08. The molecule has 0 aliphatic carbocycles. The number of halogens is 1. The molecule has 3 rings (SSSR count). The number of hydrogen-bond donors (Lipinski definition) is 2. The Labute approximate surface area is 109 Å². The van der Waals surface area contributed by atoms with E-state index in [2.05, 4.69) is 10.4 Å². The Morgan fingerprint density at radius 3 is 2.94 bits per heavy atom. The van der Waals surface area contributed by atoms with E-state index >= 15 is 0 Å². The van der Waals surface area contributed by atoms with Crippen molar-refractivity contribution in [3.63, 3.8) is 0 Å². The Kier molecular flexibility index (Phi) is 2.31. The summed E-state index contributed by atoms with van der Waals surface area (Å²) in [6.45, 7) is 0. The van der Waals surface area contributed by atoms with Crippen LogP contribution in [0.2, 0.25) is 5.02 Å². The van der Waals surface area contributed by atoms with E-state index in [0.29, 0.717) is 22.9 Å². The number of benzene rings is 1. The van der Waals surface area contributed by atoms with Crippen LogP contribution < -0.4 is 11.1 Å². The minimum Gasteiger partial charge on any atom is -0.383 e. The Morgan fingerprint density at radius 2 is 2.28 bits per heavy atom. The summed E-state index contributed by atoms with van der Waals surface area (Å²) in [4.78, 5) is 11.4. The van der Waals surface area contributed by atoms with Crippen molar-refractivity contribution in [2.24, 2.45) is 7.05 Å². The molecule has 0 atom stereocenters. The Morgan fingerprint density at radius 1 is 1.50 bits per heavy atom. The Hall–Kier alpha value is -2.01. The number of aryl methyl sites for hydroxylation is 1. The molecule has 0 bridgehead atoms. The van der Waals surface area contributed by atoms with E-state index in [9.17, 15) is 4.79 Å². The standard InChI is InChI=1S/C12H11ClN4O/c1-17-12(14)8(5-15-17)6-2-7-4-10(18)16-11(7)9(13)3-6/h2-3,5H,4,14H2,1H3,(H,16,18). The molecular weight excluding hydrogens is 252 g/mol. The fourth-order valence-corrected chi connectivity index (χ4v) is 2.41. The first-order valence-corrected chi connectivity index (χ1v) is 5.84. The molecule has 2 aromatic rings. The second-order valence-electron chi connectivity index (χ2n) is 4.28. The molecule has 0 radical (unpaired) electrons. The number of nitrogen functional groups attached to an aromatic ring is 1. The smallest absolute Gasteiger partial charge is 0.228 e. The summed E-state index contributed by atoms with van der Waals surface area (Å²) in [5.74, 6) is 0.534. The van der Waals surface area contributed by atoms with Gasteiger partial charge in [0.1, 0.15) is 5.82 Å². The number of aromatic nitrogens is 2. The van der Waals surface area contributed by atoms with Gasteiger partial charge in [-0.3, -0.25) is 9.48 Å². The van der Waals surface area contributed by atoms with Crippen molar-refractivity contribution >= 4 is 29.0 Å². The van der Waals surface area contributed by atoms with Gasteiger partial charge in [0.05, 0.1) is 23.3 Å². The van der Waals surface area contributed by atoms with Crippen LogP contribution in [0.4, 0.5) is 11.5 Å². The molecule has 5 nitrogen and oxygen atoms in total. The molecule has 0 unspecified atom stereocenters. The summed E-state index contributed by atoms with van der Waals surface area (Å²) in [6, 6.07) is 3.71. The van der Waals surface area contributed by atoms with Crippen LogP contribution in [0.3, 0.4) is 0 Å². The molecule has 0 spiro atoms. The lowest BCUT2D eigenvalue weighted by atomic mass is 10.0. The van der Waals surface area contributed by atoms with Gasteiger partial charge in [-0.05, 0) is 23.3 Å². The van der Waals surface area contributed by atoms with E-state index in [-0.39, 0.29) is 5.91 Å². The first kappa shape index (κ1) is 11.1. The lowest BCUT2D eigenvalue weighted by Gasteiger charge is -2.06.